The van der Waals surface area contributed by atoms with E-state index in [1.807, 2.05) is 49.4 Å². The van der Waals surface area contributed by atoms with Crippen molar-refractivity contribution in [2.24, 2.45) is 0 Å². The third-order valence-corrected chi connectivity index (χ3v) is 5.43. The maximum absolute atomic E-state index is 12.7. The lowest BCUT2D eigenvalue weighted by Crippen LogP contribution is -2.23. The predicted molar refractivity (Wildman–Crippen MR) is 107 cm³/mol. The van der Waals surface area contributed by atoms with Gasteiger partial charge in [-0.2, -0.15) is 9.50 Å². The summed E-state index contributed by atoms with van der Waals surface area (Å²) < 4.78 is 2.05. The summed E-state index contributed by atoms with van der Waals surface area (Å²) in [4.78, 5) is 17.9. The van der Waals surface area contributed by atoms with Gasteiger partial charge in [-0.3, -0.25) is 4.79 Å². The van der Waals surface area contributed by atoms with E-state index in [0.29, 0.717) is 21.2 Å². The maximum Gasteiger partial charge on any atom is 0.291 e. The van der Waals surface area contributed by atoms with E-state index in [-0.39, 0.29) is 5.56 Å². The molecule has 0 aliphatic carbocycles. The Labute approximate surface area is 155 Å². The molecule has 4 rings (SSSR count). The molecular formula is C21H19N3OS. The first-order valence-electron chi connectivity index (χ1n) is 8.60. The van der Waals surface area contributed by atoms with Crippen LogP contribution < -0.4 is 10.1 Å². The van der Waals surface area contributed by atoms with Gasteiger partial charge in [0.05, 0.1) is 4.53 Å². The third-order valence-electron chi connectivity index (χ3n) is 4.47. The molecule has 4 nitrogen and oxygen atoms in total. The Morgan fingerprint density at radius 1 is 1.08 bits per heavy atom. The lowest BCUT2D eigenvalue weighted by atomic mass is 10.0. The maximum atomic E-state index is 12.7. The van der Waals surface area contributed by atoms with Crippen molar-refractivity contribution in [3.63, 3.8) is 0 Å². The van der Waals surface area contributed by atoms with Gasteiger partial charge >= 0.3 is 0 Å². The first-order chi connectivity index (χ1) is 12.5. The van der Waals surface area contributed by atoms with Crippen LogP contribution in [0.3, 0.4) is 0 Å². The molecule has 0 unspecified atom stereocenters. The van der Waals surface area contributed by atoms with E-state index in [9.17, 15) is 4.79 Å². The van der Waals surface area contributed by atoms with E-state index in [0.717, 1.165) is 16.7 Å². The van der Waals surface area contributed by atoms with Crippen molar-refractivity contribution in [3.05, 3.63) is 80.1 Å². The van der Waals surface area contributed by atoms with Crippen LogP contribution in [0.4, 0.5) is 0 Å². The summed E-state index contributed by atoms with van der Waals surface area (Å²) in [5, 5.41) is 4.43. The highest BCUT2D eigenvalue weighted by Crippen LogP contribution is 2.20. The summed E-state index contributed by atoms with van der Waals surface area (Å²) in [6, 6.07) is 16.2. The van der Waals surface area contributed by atoms with Crippen LogP contribution >= 0.6 is 11.3 Å². The van der Waals surface area contributed by atoms with Gasteiger partial charge in [-0.1, -0.05) is 73.7 Å². The Hall–Kier alpha value is -2.79. The zero-order valence-electron chi connectivity index (χ0n) is 14.9. The zero-order valence-corrected chi connectivity index (χ0v) is 15.7. The van der Waals surface area contributed by atoms with Crippen LogP contribution in [0.2, 0.25) is 0 Å². The Balaban J connectivity index is 1.76. The van der Waals surface area contributed by atoms with Crippen molar-refractivity contribution in [2.45, 2.75) is 26.7 Å². The van der Waals surface area contributed by atoms with Gasteiger partial charge in [0.25, 0.3) is 5.56 Å². The minimum absolute atomic E-state index is 0.120. The normalized spacial score (nSPS) is 12.4. The number of benzene rings is 2. The second kappa shape index (κ2) is 6.50. The monoisotopic (exact) mass is 361 g/mol. The number of fused-ring (bicyclic) bond motifs is 1. The van der Waals surface area contributed by atoms with Crippen LogP contribution in [0.25, 0.3) is 22.4 Å². The molecule has 0 N–H and O–H groups in total. The summed E-state index contributed by atoms with van der Waals surface area (Å²) >= 11 is 1.37. The lowest BCUT2D eigenvalue weighted by molar-refractivity contribution is 0.866. The molecule has 0 bridgehead atoms. The Kier molecular flexibility index (Phi) is 4.17. The van der Waals surface area contributed by atoms with Gasteiger partial charge in [0, 0.05) is 5.56 Å². The molecule has 26 heavy (non-hydrogen) atoms. The van der Waals surface area contributed by atoms with Crippen molar-refractivity contribution in [1.82, 2.24) is 14.6 Å². The molecule has 130 valence electrons. The number of hydrogen-bond donors (Lipinski definition) is 0. The summed E-state index contributed by atoms with van der Waals surface area (Å²) in [5.41, 5.74) is 4.23. The van der Waals surface area contributed by atoms with Gasteiger partial charge in [-0.15, -0.1) is 5.10 Å². The van der Waals surface area contributed by atoms with Crippen LogP contribution in [-0.4, -0.2) is 14.6 Å². The fourth-order valence-electron chi connectivity index (χ4n) is 2.90. The van der Waals surface area contributed by atoms with E-state index < -0.39 is 0 Å². The number of nitrogens with zero attached hydrogens (tertiary/aromatic N) is 3. The van der Waals surface area contributed by atoms with Gasteiger partial charge in [0.1, 0.15) is 0 Å². The molecular weight excluding hydrogens is 342 g/mol. The van der Waals surface area contributed by atoms with Crippen LogP contribution in [0, 0.1) is 6.92 Å². The molecule has 0 spiro atoms. The summed E-state index contributed by atoms with van der Waals surface area (Å²) in [5.74, 6) is 1.09. The minimum atomic E-state index is -0.120. The van der Waals surface area contributed by atoms with E-state index in [1.54, 1.807) is 0 Å². The Morgan fingerprint density at radius 2 is 1.81 bits per heavy atom. The molecule has 2 heterocycles. The number of aromatic nitrogens is 3. The van der Waals surface area contributed by atoms with Crippen LogP contribution in [0.5, 0.6) is 0 Å². The summed E-state index contributed by atoms with van der Waals surface area (Å²) in [6.07, 6.45) is 1.90. The quantitative estimate of drug-likeness (QED) is 0.558. The molecule has 0 radical (unpaired) electrons. The smallest absolute Gasteiger partial charge is 0.266 e. The first-order valence-corrected chi connectivity index (χ1v) is 9.42. The Bertz CT molecular complexity index is 1190. The molecule has 0 amide bonds. The standard InChI is InChI=1S/C21H19N3OS/c1-13(2)16-10-8-15(9-11-16)12-18-20(25)24-21(26-18)22-19(23-24)17-7-5-4-6-14(17)3/h4-13H,1-3H3/b18-12-. The van der Waals surface area contributed by atoms with Crippen molar-refractivity contribution in [1.29, 1.82) is 0 Å². The van der Waals surface area contributed by atoms with Gasteiger partial charge in [0.2, 0.25) is 4.96 Å². The zero-order chi connectivity index (χ0) is 18.3. The highest BCUT2D eigenvalue weighted by Gasteiger charge is 2.13. The molecule has 2 aromatic heterocycles. The van der Waals surface area contributed by atoms with Gasteiger partial charge < -0.3 is 0 Å². The van der Waals surface area contributed by atoms with Gasteiger partial charge in [-0.05, 0) is 35.6 Å². The van der Waals surface area contributed by atoms with E-state index in [2.05, 4.69) is 36.1 Å². The predicted octanol–water partition coefficient (Wildman–Crippen LogP) is 3.80. The highest BCUT2D eigenvalue weighted by atomic mass is 32.1. The SMILES string of the molecule is Cc1ccccc1-c1nc2s/c(=C\c3ccc(C(C)C)cc3)c(=O)n2n1. The average molecular weight is 361 g/mol. The van der Waals surface area contributed by atoms with Crippen LogP contribution in [-0.2, 0) is 0 Å². The van der Waals surface area contributed by atoms with Gasteiger partial charge in [0.15, 0.2) is 5.82 Å². The second-order valence-corrected chi connectivity index (χ2v) is 7.69. The van der Waals surface area contributed by atoms with Crippen molar-refractivity contribution >= 4 is 22.4 Å². The number of rotatable bonds is 3. The third kappa shape index (κ3) is 2.95. The topological polar surface area (TPSA) is 47.3 Å². The molecule has 5 heteroatoms. The molecule has 0 atom stereocenters. The van der Waals surface area contributed by atoms with Crippen molar-refractivity contribution < 1.29 is 0 Å². The summed E-state index contributed by atoms with van der Waals surface area (Å²) in [6.45, 7) is 6.35. The number of aryl methyl sites for hydroxylation is 1. The van der Waals surface area contributed by atoms with Crippen LogP contribution in [0.15, 0.2) is 53.3 Å². The number of thiazole rings is 1. The second-order valence-electron chi connectivity index (χ2n) is 6.68. The molecule has 0 aliphatic rings. The van der Waals surface area contributed by atoms with Crippen molar-refractivity contribution in [2.75, 3.05) is 0 Å². The van der Waals surface area contributed by atoms with Crippen molar-refractivity contribution in [3.8, 4) is 11.4 Å². The summed E-state index contributed by atoms with van der Waals surface area (Å²) in [7, 11) is 0. The molecule has 0 fully saturated rings. The fraction of sp³-hybridized carbons (Fsp3) is 0.190. The molecule has 0 saturated heterocycles. The molecule has 0 saturated carbocycles. The van der Waals surface area contributed by atoms with E-state index in [1.165, 1.54) is 21.4 Å². The number of hydrogen-bond acceptors (Lipinski definition) is 4. The fourth-order valence-corrected chi connectivity index (χ4v) is 3.81. The largest absolute Gasteiger partial charge is 0.291 e. The molecule has 2 aromatic carbocycles. The highest BCUT2D eigenvalue weighted by molar-refractivity contribution is 7.15. The van der Waals surface area contributed by atoms with E-state index in [4.69, 9.17) is 0 Å². The first kappa shape index (κ1) is 16.7. The van der Waals surface area contributed by atoms with Crippen LogP contribution in [0.1, 0.15) is 36.5 Å². The van der Waals surface area contributed by atoms with E-state index >= 15 is 0 Å². The van der Waals surface area contributed by atoms with Gasteiger partial charge in [-0.25, -0.2) is 0 Å². The molecule has 0 aliphatic heterocycles. The average Bonchev–Trinajstić information content (AvgIpc) is 3.16. The lowest BCUT2D eigenvalue weighted by Gasteiger charge is -2.04. The Morgan fingerprint density at radius 3 is 2.46 bits per heavy atom. The minimum Gasteiger partial charge on any atom is -0.266 e. The molecule has 4 aromatic rings.